The van der Waals surface area contributed by atoms with Crippen molar-refractivity contribution in [1.29, 1.82) is 0 Å². The topological polar surface area (TPSA) is 26.3 Å². The van der Waals surface area contributed by atoms with E-state index in [1.807, 2.05) is 35.7 Å². The average molecular weight is 246 g/mol. The van der Waals surface area contributed by atoms with Crippen molar-refractivity contribution in [1.82, 2.24) is 0 Å². The largest absolute Gasteiger partial charge is 0.422 e. The van der Waals surface area contributed by atoms with Crippen molar-refractivity contribution >= 4 is 17.3 Å². The minimum absolute atomic E-state index is 0.294. The summed E-state index contributed by atoms with van der Waals surface area (Å²) < 4.78 is 5.26. The molecule has 0 unspecified atom stereocenters. The summed E-state index contributed by atoms with van der Waals surface area (Å²) >= 11 is 1.38. The Hall–Kier alpha value is -1.61. The van der Waals surface area contributed by atoms with Gasteiger partial charge in [0.15, 0.2) is 0 Å². The lowest BCUT2D eigenvalue weighted by molar-refractivity contribution is 0.0740. The highest BCUT2D eigenvalue weighted by atomic mass is 32.1. The molecule has 0 fully saturated rings. The Kier molecular flexibility index (Phi) is 3.59. The van der Waals surface area contributed by atoms with Crippen LogP contribution in [0.5, 0.6) is 5.75 Å². The third kappa shape index (κ3) is 2.94. The number of carbonyl (C=O) groups is 1. The average Bonchev–Trinajstić information content (AvgIpc) is 2.83. The molecule has 0 N–H and O–H groups in total. The number of thiophene rings is 1. The van der Waals surface area contributed by atoms with E-state index in [0.717, 1.165) is 0 Å². The number of benzene rings is 1. The Bertz CT molecular complexity index is 483. The van der Waals surface area contributed by atoms with Gasteiger partial charge in [0.1, 0.15) is 10.6 Å². The number of carbonyl (C=O) groups excluding carboxylic acids is 1. The molecular formula is C14H14O2S. The van der Waals surface area contributed by atoms with Crippen molar-refractivity contribution in [2.75, 3.05) is 0 Å². The van der Waals surface area contributed by atoms with Gasteiger partial charge in [-0.1, -0.05) is 32.0 Å². The first-order valence-electron chi connectivity index (χ1n) is 5.52. The quantitative estimate of drug-likeness (QED) is 0.602. The number of hydrogen-bond donors (Lipinski definition) is 0. The molecule has 1 heterocycles. The van der Waals surface area contributed by atoms with Crippen LogP contribution < -0.4 is 4.74 Å². The minimum Gasteiger partial charge on any atom is -0.422 e. The molecular weight excluding hydrogens is 232 g/mol. The Labute approximate surface area is 105 Å². The van der Waals surface area contributed by atoms with Crippen molar-refractivity contribution < 1.29 is 9.53 Å². The second-order valence-corrected chi connectivity index (χ2v) is 5.04. The van der Waals surface area contributed by atoms with Gasteiger partial charge in [0.25, 0.3) is 0 Å². The Morgan fingerprint density at radius 2 is 1.88 bits per heavy atom. The minimum atomic E-state index is -0.294. The fraction of sp³-hybridized carbons (Fsp3) is 0.214. The second-order valence-electron chi connectivity index (χ2n) is 4.09. The highest BCUT2D eigenvalue weighted by Crippen LogP contribution is 2.20. The molecule has 0 saturated heterocycles. The molecule has 88 valence electrons. The van der Waals surface area contributed by atoms with E-state index in [-0.39, 0.29) is 5.97 Å². The highest BCUT2D eigenvalue weighted by Gasteiger charge is 2.09. The van der Waals surface area contributed by atoms with Crippen molar-refractivity contribution in [2.45, 2.75) is 19.8 Å². The molecule has 2 nitrogen and oxygen atoms in total. The number of esters is 1. The first-order valence-corrected chi connectivity index (χ1v) is 6.40. The number of ether oxygens (including phenoxy) is 1. The zero-order valence-corrected chi connectivity index (χ0v) is 10.7. The molecule has 0 atom stereocenters. The van der Waals surface area contributed by atoms with E-state index in [2.05, 4.69) is 13.8 Å². The van der Waals surface area contributed by atoms with E-state index in [1.54, 1.807) is 6.07 Å². The van der Waals surface area contributed by atoms with Crippen molar-refractivity contribution in [3.05, 3.63) is 52.2 Å². The molecule has 0 amide bonds. The molecule has 0 aliphatic heterocycles. The predicted molar refractivity (Wildman–Crippen MR) is 69.8 cm³/mol. The maximum absolute atomic E-state index is 11.7. The van der Waals surface area contributed by atoms with Crippen LogP contribution in [0, 0.1) is 0 Å². The van der Waals surface area contributed by atoms with Gasteiger partial charge in [-0.25, -0.2) is 4.79 Å². The van der Waals surface area contributed by atoms with E-state index in [4.69, 9.17) is 4.74 Å². The molecule has 0 aliphatic carbocycles. The molecule has 1 aromatic heterocycles. The van der Waals surface area contributed by atoms with Crippen molar-refractivity contribution in [2.24, 2.45) is 0 Å². The Morgan fingerprint density at radius 3 is 2.41 bits per heavy atom. The first-order chi connectivity index (χ1) is 8.16. The Balaban J connectivity index is 2.07. The van der Waals surface area contributed by atoms with E-state index in [0.29, 0.717) is 16.5 Å². The van der Waals surface area contributed by atoms with Gasteiger partial charge in [-0.2, -0.15) is 0 Å². The summed E-state index contributed by atoms with van der Waals surface area (Å²) in [6, 6.07) is 11.2. The Morgan fingerprint density at radius 1 is 1.18 bits per heavy atom. The first kappa shape index (κ1) is 11.9. The molecule has 3 heteroatoms. The monoisotopic (exact) mass is 246 g/mol. The smallest absolute Gasteiger partial charge is 0.353 e. The lowest BCUT2D eigenvalue weighted by Crippen LogP contribution is -2.06. The fourth-order valence-electron chi connectivity index (χ4n) is 1.47. The summed E-state index contributed by atoms with van der Waals surface area (Å²) in [4.78, 5) is 12.3. The summed E-state index contributed by atoms with van der Waals surface area (Å²) in [5, 5.41) is 1.86. The van der Waals surface area contributed by atoms with Gasteiger partial charge in [-0.3, -0.25) is 0 Å². The van der Waals surface area contributed by atoms with Crippen LogP contribution >= 0.6 is 11.3 Å². The second kappa shape index (κ2) is 5.15. The van der Waals surface area contributed by atoms with Gasteiger partial charge in [-0.15, -0.1) is 11.3 Å². The van der Waals surface area contributed by atoms with Crippen LogP contribution in [0.1, 0.15) is 35.0 Å². The third-order valence-corrected chi connectivity index (χ3v) is 3.33. The maximum Gasteiger partial charge on any atom is 0.353 e. The molecule has 2 aromatic rings. The van der Waals surface area contributed by atoms with E-state index >= 15 is 0 Å². The van der Waals surface area contributed by atoms with Gasteiger partial charge in [0.2, 0.25) is 0 Å². The standard InChI is InChI=1S/C14H14O2S/c1-10(2)11-5-7-12(8-6-11)16-14(15)13-4-3-9-17-13/h3-10H,1-2H3. The van der Waals surface area contributed by atoms with Crippen molar-refractivity contribution in [3.63, 3.8) is 0 Å². The summed E-state index contributed by atoms with van der Waals surface area (Å²) in [7, 11) is 0. The highest BCUT2D eigenvalue weighted by molar-refractivity contribution is 7.12. The lowest BCUT2D eigenvalue weighted by atomic mass is 10.0. The van der Waals surface area contributed by atoms with E-state index < -0.39 is 0 Å². The van der Waals surface area contributed by atoms with Gasteiger partial charge >= 0.3 is 5.97 Å². The van der Waals surface area contributed by atoms with Crippen molar-refractivity contribution in [3.8, 4) is 5.75 Å². The molecule has 0 saturated carbocycles. The molecule has 17 heavy (non-hydrogen) atoms. The molecule has 2 rings (SSSR count). The van der Waals surface area contributed by atoms with E-state index in [9.17, 15) is 4.79 Å². The zero-order chi connectivity index (χ0) is 12.3. The van der Waals surface area contributed by atoms with Crippen LogP contribution in [0.2, 0.25) is 0 Å². The summed E-state index contributed by atoms with van der Waals surface area (Å²) in [5.41, 5.74) is 1.24. The van der Waals surface area contributed by atoms with Crippen LogP contribution in [0.25, 0.3) is 0 Å². The van der Waals surface area contributed by atoms with Crippen LogP contribution in [0.4, 0.5) is 0 Å². The molecule has 1 aromatic carbocycles. The summed E-state index contributed by atoms with van der Waals surface area (Å²) in [6.07, 6.45) is 0. The van der Waals surface area contributed by atoms with Gasteiger partial charge in [0, 0.05) is 0 Å². The van der Waals surface area contributed by atoms with Crippen LogP contribution in [-0.2, 0) is 0 Å². The summed E-state index contributed by atoms with van der Waals surface area (Å²) in [5.74, 6) is 0.780. The number of hydrogen-bond acceptors (Lipinski definition) is 3. The molecule has 0 aliphatic rings. The van der Waals surface area contributed by atoms with Gasteiger partial charge < -0.3 is 4.74 Å². The third-order valence-electron chi connectivity index (χ3n) is 2.48. The van der Waals surface area contributed by atoms with Gasteiger partial charge in [-0.05, 0) is 35.1 Å². The van der Waals surface area contributed by atoms with Crippen LogP contribution in [0.3, 0.4) is 0 Å². The van der Waals surface area contributed by atoms with Crippen LogP contribution in [0.15, 0.2) is 41.8 Å². The van der Waals surface area contributed by atoms with Crippen LogP contribution in [-0.4, -0.2) is 5.97 Å². The van der Waals surface area contributed by atoms with E-state index in [1.165, 1.54) is 16.9 Å². The molecule has 0 radical (unpaired) electrons. The number of rotatable bonds is 3. The normalized spacial score (nSPS) is 10.5. The summed E-state index contributed by atoms with van der Waals surface area (Å²) in [6.45, 7) is 4.26. The zero-order valence-electron chi connectivity index (χ0n) is 9.84. The SMILES string of the molecule is CC(C)c1ccc(OC(=O)c2cccs2)cc1. The fourth-order valence-corrected chi connectivity index (χ4v) is 2.07. The predicted octanol–water partition coefficient (Wildman–Crippen LogP) is 4.09. The molecule has 0 spiro atoms. The van der Waals surface area contributed by atoms with Gasteiger partial charge in [0.05, 0.1) is 0 Å². The lowest BCUT2D eigenvalue weighted by Gasteiger charge is -2.06. The maximum atomic E-state index is 11.7. The molecule has 0 bridgehead atoms.